The molecule has 2 atom stereocenters. The zero-order valence-electron chi connectivity index (χ0n) is 11.5. The molecule has 0 bridgehead atoms. The lowest BCUT2D eigenvalue weighted by atomic mass is 9.76. The third kappa shape index (κ3) is 2.54. The summed E-state index contributed by atoms with van der Waals surface area (Å²) >= 11 is 0. The fourth-order valence-corrected chi connectivity index (χ4v) is 3.28. The summed E-state index contributed by atoms with van der Waals surface area (Å²) in [6.07, 6.45) is 8.21. The van der Waals surface area contributed by atoms with E-state index >= 15 is 0 Å². The van der Waals surface area contributed by atoms with E-state index in [1.54, 1.807) is 0 Å². The number of nitrogens with one attached hydrogen (secondary N) is 1. The van der Waals surface area contributed by atoms with Gasteiger partial charge in [-0.3, -0.25) is 4.68 Å². The summed E-state index contributed by atoms with van der Waals surface area (Å²) in [5.74, 6) is 0.728. The van der Waals surface area contributed by atoms with Gasteiger partial charge in [-0.25, -0.2) is 0 Å². The third-order valence-corrected chi connectivity index (χ3v) is 4.25. The first-order valence-corrected chi connectivity index (χ1v) is 6.76. The maximum absolute atomic E-state index is 4.32. The molecule has 17 heavy (non-hydrogen) atoms. The lowest BCUT2D eigenvalue weighted by Gasteiger charge is -2.34. The Kier molecular flexibility index (Phi) is 3.57. The van der Waals surface area contributed by atoms with Gasteiger partial charge in [0.25, 0.3) is 0 Å². The SMILES string of the molecule is CCNC(c1cnn(C)c1)C1CCCC1(C)C. The number of rotatable bonds is 4. The van der Waals surface area contributed by atoms with E-state index in [2.05, 4.69) is 37.4 Å². The lowest BCUT2D eigenvalue weighted by molar-refractivity contribution is 0.199. The van der Waals surface area contributed by atoms with Crippen LogP contribution >= 0.6 is 0 Å². The molecule has 0 aliphatic heterocycles. The number of aromatic nitrogens is 2. The van der Waals surface area contributed by atoms with Crippen LogP contribution in [0.5, 0.6) is 0 Å². The fraction of sp³-hybridized carbons (Fsp3) is 0.786. The first kappa shape index (κ1) is 12.6. The predicted molar refractivity (Wildman–Crippen MR) is 70.7 cm³/mol. The molecule has 0 spiro atoms. The molecule has 0 radical (unpaired) electrons. The van der Waals surface area contributed by atoms with Gasteiger partial charge in [-0.2, -0.15) is 5.10 Å². The van der Waals surface area contributed by atoms with Crippen molar-refractivity contribution >= 4 is 0 Å². The Balaban J connectivity index is 2.23. The first-order valence-electron chi connectivity index (χ1n) is 6.76. The summed E-state index contributed by atoms with van der Waals surface area (Å²) < 4.78 is 1.90. The molecule has 1 fully saturated rings. The van der Waals surface area contributed by atoms with Crippen LogP contribution in [0.25, 0.3) is 0 Å². The molecular formula is C14H25N3. The van der Waals surface area contributed by atoms with Crippen LogP contribution in [-0.2, 0) is 7.05 Å². The molecule has 2 rings (SSSR count). The Hall–Kier alpha value is -0.830. The van der Waals surface area contributed by atoms with Gasteiger partial charge in [-0.1, -0.05) is 27.2 Å². The molecule has 1 aliphatic carbocycles. The van der Waals surface area contributed by atoms with Crippen LogP contribution in [-0.4, -0.2) is 16.3 Å². The highest BCUT2D eigenvalue weighted by molar-refractivity contribution is 5.14. The molecule has 1 aromatic heterocycles. The highest BCUT2D eigenvalue weighted by atomic mass is 15.2. The van der Waals surface area contributed by atoms with Gasteiger partial charge >= 0.3 is 0 Å². The Morgan fingerprint density at radius 1 is 1.59 bits per heavy atom. The van der Waals surface area contributed by atoms with E-state index in [0.29, 0.717) is 11.5 Å². The summed E-state index contributed by atoms with van der Waals surface area (Å²) in [4.78, 5) is 0. The van der Waals surface area contributed by atoms with Crippen LogP contribution in [0.1, 0.15) is 51.6 Å². The van der Waals surface area contributed by atoms with Crippen LogP contribution in [0, 0.1) is 11.3 Å². The molecule has 1 saturated carbocycles. The molecule has 0 amide bonds. The summed E-state index contributed by atoms with van der Waals surface area (Å²) in [5.41, 5.74) is 1.79. The number of hydrogen-bond donors (Lipinski definition) is 1. The van der Waals surface area contributed by atoms with Gasteiger partial charge in [0.05, 0.1) is 6.20 Å². The minimum absolute atomic E-state index is 0.447. The number of hydrogen-bond acceptors (Lipinski definition) is 2. The average Bonchev–Trinajstić information content (AvgIpc) is 2.81. The summed E-state index contributed by atoms with van der Waals surface area (Å²) in [5, 5.41) is 7.97. The van der Waals surface area contributed by atoms with Crippen LogP contribution in [0.2, 0.25) is 0 Å². The maximum atomic E-state index is 4.32. The molecule has 0 aromatic carbocycles. The molecule has 1 aromatic rings. The molecule has 1 aliphatic rings. The van der Waals surface area contributed by atoms with Crippen molar-refractivity contribution in [3.8, 4) is 0 Å². The summed E-state index contributed by atoms with van der Waals surface area (Å²) in [6.45, 7) is 8.02. The average molecular weight is 235 g/mol. The van der Waals surface area contributed by atoms with Crippen molar-refractivity contribution in [3.63, 3.8) is 0 Å². The second kappa shape index (κ2) is 4.81. The smallest absolute Gasteiger partial charge is 0.0537 e. The van der Waals surface area contributed by atoms with Gasteiger partial charge in [0, 0.05) is 24.8 Å². The second-order valence-electron chi connectivity index (χ2n) is 5.97. The van der Waals surface area contributed by atoms with E-state index in [4.69, 9.17) is 0 Å². The molecule has 0 saturated heterocycles. The zero-order valence-corrected chi connectivity index (χ0v) is 11.5. The van der Waals surface area contributed by atoms with E-state index in [1.807, 2.05) is 17.9 Å². The quantitative estimate of drug-likeness (QED) is 0.869. The Morgan fingerprint density at radius 3 is 2.82 bits per heavy atom. The predicted octanol–water partition coefficient (Wildman–Crippen LogP) is 2.90. The van der Waals surface area contributed by atoms with Gasteiger partial charge in [0.15, 0.2) is 0 Å². The first-order chi connectivity index (χ1) is 8.04. The van der Waals surface area contributed by atoms with Gasteiger partial charge in [-0.05, 0) is 30.7 Å². The molecule has 2 unspecified atom stereocenters. The van der Waals surface area contributed by atoms with Gasteiger partial charge in [-0.15, -0.1) is 0 Å². The van der Waals surface area contributed by atoms with Gasteiger partial charge < -0.3 is 5.32 Å². The normalized spacial score (nSPS) is 25.1. The third-order valence-electron chi connectivity index (χ3n) is 4.25. The second-order valence-corrected chi connectivity index (χ2v) is 5.97. The Bertz CT molecular complexity index is 367. The fourth-order valence-electron chi connectivity index (χ4n) is 3.28. The van der Waals surface area contributed by atoms with Crippen LogP contribution in [0.3, 0.4) is 0 Å². The Labute approximate surface area is 105 Å². The number of aryl methyl sites for hydroxylation is 1. The molecule has 96 valence electrons. The van der Waals surface area contributed by atoms with E-state index in [-0.39, 0.29) is 0 Å². The molecular weight excluding hydrogens is 210 g/mol. The van der Waals surface area contributed by atoms with Crippen molar-refractivity contribution in [2.75, 3.05) is 6.54 Å². The Morgan fingerprint density at radius 2 is 2.35 bits per heavy atom. The van der Waals surface area contributed by atoms with Crippen molar-refractivity contribution < 1.29 is 0 Å². The largest absolute Gasteiger partial charge is 0.310 e. The van der Waals surface area contributed by atoms with E-state index in [9.17, 15) is 0 Å². The number of nitrogens with zero attached hydrogens (tertiary/aromatic N) is 2. The van der Waals surface area contributed by atoms with Gasteiger partial charge in [0.2, 0.25) is 0 Å². The highest BCUT2D eigenvalue weighted by Crippen LogP contribution is 2.48. The molecule has 3 heteroatoms. The highest BCUT2D eigenvalue weighted by Gasteiger charge is 2.40. The lowest BCUT2D eigenvalue weighted by Crippen LogP contribution is -2.33. The van der Waals surface area contributed by atoms with Crippen LogP contribution in [0.15, 0.2) is 12.4 Å². The molecule has 1 heterocycles. The van der Waals surface area contributed by atoms with E-state index in [0.717, 1.165) is 12.5 Å². The monoisotopic (exact) mass is 235 g/mol. The van der Waals surface area contributed by atoms with Crippen molar-refractivity contribution in [1.82, 2.24) is 15.1 Å². The summed E-state index contributed by atoms with van der Waals surface area (Å²) in [6, 6.07) is 0.464. The zero-order chi connectivity index (χ0) is 12.5. The van der Waals surface area contributed by atoms with Crippen molar-refractivity contribution in [1.29, 1.82) is 0 Å². The van der Waals surface area contributed by atoms with Crippen molar-refractivity contribution in [2.45, 2.75) is 46.1 Å². The van der Waals surface area contributed by atoms with Crippen LogP contribution < -0.4 is 5.32 Å². The minimum atomic E-state index is 0.447. The standard InChI is InChI=1S/C14H25N3/c1-5-15-13(11-9-16-17(4)10-11)12-7-6-8-14(12,2)3/h9-10,12-13,15H,5-8H2,1-4H3. The van der Waals surface area contributed by atoms with Crippen molar-refractivity contribution in [3.05, 3.63) is 18.0 Å². The minimum Gasteiger partial charge on any atom is -0.310 e. The van der Waals surface area contributed by atoms with Crippen molar-refractivity contribution in [2.24, 2.45) is 18.4 Å². The summed E-state index contributed by atoms with van der Waals surface area (Å²) in [7, 11) is 1.99. The molecule has 1 N–H and O–H groups in total. The van der Waals surface area contributed by atoms with E-state index < -0.39 is 0 Å². The topological polar surface area (TPSA) is 29.9 Å². The van der Waals surface area contributed by atoms with Gasteiger partial charge in [0.1, 0.15) is 0 Å². The van der Waals surface area contributed by atoms with Crippen LogP contribution in [0.4, 0.5) is 0 Å². The van der Waals surface area contributed by atoms with E-state index in [1.165, 1.54) is 24.8 Å². The maximum Gasteiger partial charge on any atom is 0.0537 e. The molecule has 3 nitrogen and oxygen atoms in total.